The average molecular weight is 436 g/mol. The summed E-state index contributed by atoms with van der Waals surface area (Å²) >= 11 is 1.78. The van der Waals surface area contributed by atoms with Gasteiger partial charge in [0.05, 0.1) is 52.4 Å². The Kier molecular flexibility index (Phi) is 10.6. The van der Waals surface area contributed by atoms with E-state index in [0.717, 1.165) is 11.5 Å². The predicted octanol–water partition coefficient (Wildman–Crippen LogP) is -1.26. The minimum Gasteiger partial charge on any atom is -0.465 e. The molecule has 0 aromatic carbocycles. The topological polar surface area (TPSA) is 151 Å². The Morgan fingerprint density at radius 3 is 2.38 bits per heavy atom. The van der Waals surface area contributed by atoms with Crippen molar-refractivity contribution in [1.82, 2.24) is 25.2 Å². The van der Waals surface area contributed by atoms with Gasteiger partial charge in [0.2, 0.25) is 0 Å². The zero-order chi connectivity index (χ0) is 21.0. The largest absolute Gasteiger partial charge is 0.465 e. The predicted molar refractivity (Wildman–Crippen MR) is 104 cm³/mol. The summed E-state index contributed by atoms with van der Waals surface area (Å²) in [6, 6.07) is 0. The van der Waals surface area contributed by atoms with Gasteiger partial charge in [0.15, 0.2) is 5.69 Å². The third-order valence-electron chi connectivity index (χ3n) is 4.07. The fourth-order valence-corrected chi connectivity index (χ4v) is 3.43. The molecule has 0 atom stereocenters. The normalized spacial score (nSPS) is 15.5. The van der Waals surface area contributed by atoms with E-state index in [4.69, 9.17) is 19.3 Å². The van der Waals surface area contributed by atoms with Crippen molar-refractivity contribution in [1.29, 1.82) is 0 Å². The van der Waals surface area contributed by atoms with Gasteiger partial charge in [-0.05, 0) is 0 Å². The van der Waals surface area contributed by atoms with Gasteiger partial charge in [0.25, 0.3) is 5.91 Å². The van der Waals surface area contributed by atoms with Gasteiger partial charge >= 0.3 is 6.09 Å². The van der Waals surface area contributed by atoms with Crippen LogP contribution in [0.5, 0.6) is 0 Å². The van der Waals surface area contributed by atoms with Gasteiger partial charge in [-0.15, -0.1) is 5.10 Å². The van der Waals surface area contributed by atoms with Gasteiger partial charge < -0.3 is 34.8 Å². The Balaban J connectivity index is 1.50. The lowest BCUT2D eigenvalue weighted by Gasteiger charge is -2.35. The number of amides is 1. The second-order valence-electron chi connectivity index (χ2n) is 6.17. The van der Waals surface area contributed by atoms with Crippen LogP contribution < -0.4 is 5.32 Å². The van der Waals surface area contributed by atoms with Crippen molar-refractivity contribution in [2.45, 2.75) is 12.5 Å². The van der Waals surface area contributed by atoms with Crippen molar-refractivity contribution in [3.63, 3.8) is 0 Å². The molecule has 1 amide bonds. The molecule has 1 aliphatic rings. The van der Waals surface area contributed by atoms with E-state index in [1.165, 1.54) is 10.9 Å². The van der Waals surface area contributed by atoms with E-state index >= 15 is 0 Å². The first-order chi connectivity index (χ1) is 14.0. The second-order valence-corrected chi connectivity index (χ2v) is 7.40. The maximum atomic E-state index is 10.4. The third kappa shape index (κ3) is 8.82. The van der Waals surface area contributed by atoms with E-state index in [0.29, 0.717) is 59.3 Å². The number of nitrogens with one attached hydrogen (secondary N) is 1. The maximum Gasteiger partial charge on any atom is 0.404 e. The molecule has 0 radical (unpaired) electrons. The van der Waals surface area contributed by atoms with Crippen LogP contribution in [0.1, 0.15) is 5.69 Å². The summed E-state index contributed by atoms with van der Waals surface area (Å²) in [7, 11) is 0. The molecule has 166 valence electrons. The second kappa shape index (κ2) is 13.0. The lowest BCUT2D eigenvalue weighted by Crippen LogP contribution is -2.50. The molecule has 1 saturated heterocycles. The Hall–Kier alpha value is -1.48. The van der Waals surface area contributed by atoms with E-state index in [1.54, 1.807) is 16.7 Å². The van der Waals surface area contributed by atoms with E-state index < -0.39 is 12.0 Å². The van der Waals surface area contributed by atoms with Crippen LogP contribution in [0.4, 0.5) is 4.79 Å². The molecule has 1 aromatic heterocycles. The molecule has 0 aliphatic carbocycles. The molecular weight excluding hydrogens is 406 g/mol. The summed E-state index contributed by atoms with van der Waals surface area (Å²) in [5.74, 6) is -0.415. The number of carbonyl (C=O) groups is 1. The lowest BCUT2D eigenvalue weighted by molar-refractivity contribution is -0.275. The van der Waals surface area contributed by atoms with E-state index in [1.807, 2.05) is 0 Å². The van der Waals surface area contributed by atoms with Gasteiger partial charge in [0.1, 0.15) is 0 Å². The zero-order valence-electron chi connectivity index (χ0n) is 16.2. The number of aromatic nitrogens is 3. The van der Waals surface area contributed by atoms with Crippen molar-refractivity contribution in [2.75, 3.05) is 70.8 Å². The number of hydrogen-bond acceptors (Lipinski definition) is 10. The smallest absolute Gasteiger partial charge is 0.404 e. The monoisotopic (exact) mass is 435 g/mol. The quantitative estimate of drug-likeness (QED) is 0.205. The fourth-order valence-electron chi connectivity index (χ4n) is 2.53. The summed E-state index contributed by atoms with van der Waals surface area (Å²) in [5, 5.41) is 39.1. The number of carboxylic acid groups (broad SMARTS) is 1. The third-order valence-corrected chi connectivity index (χ3v) is 5.01. The highest BCUT2D eigenvalue weighted by molar-refractivity contribution is 7.99. The van der Waals surface area contributed by atoms with E-state index in [2.05, 4.69) is 15.6 Å². The first-order valence-electron chi connectivity index (χ1n) is 9.38. The van der Waals surface area contributed by atoms with Crippen LogP contribution in [0.25, 0.3) is 0 Å². The number of nitrogens with zero attached hydrogens (tertiary/aromatic N) is 4. The van der Waals surface area contributed by atoms with Crippen LogP contribution in [0.15, 0.2) is 6.20 Å². The molecule has 1 aliphatic heterocycles. The molecule has 1 aromatic rings. The van der Waals surface area contributed by atoms with Crippen molar-refractivity contribution >= 4 is 17.9 Å². The number of thioether (sulfide) groups is 1. The highest BCUT2D eigenvalue weighted by Gasteiger charge is 2.37. The number of ether oxygens (including phenoxy) is 3. The number of rotatable bonds is 14. The van der Waals surface area contributed by atoms with Gasteiger partial charge in [-0.3, -0.25) is 0 Å². The molecule has 0 spiro atoms. The van der Waals surface area contributed by atoms with Gasteiger partial charge in [-0.25, -0.2) is 14.4 Å². The Bertz CT molecular complexity index is 598. The Morgan fingerprint density at radius 1 is 1.10 bits per heavy atom. The molecule has 0 unspecified atom stereocenters. The SMILES string of the molecule is O=C(O)NCCOCCOCCOCCn1cc(C(O)(O)N2CCSCC2)nn1. The molecule has 4 N–H and O–H groups in total. The summed E-state index contributed by atoms with van der Waals surface area (Å²) in [6.07, 6.45) is 0.440. The van der Waals surface area contributed by atoms with Crippen LogP contribution in [-0.2, 0) is 26.7 Å². The van der Waals surface area contributed by atoms with Crippen LogP contribution in [0.3, 0.4) is 0 Å². The molecule has 0 bridgehead atoms. The molecule has 2 rings (SSSR count). The number of hydrogen-bond donors (Lipinski definition) is 4. The molecule has 29 heavy (non-hydrogen) atoms. The summed E-state index contributed by atoms with van der Waals surface area (Å²) in [6.45, 7) is 4.09. The van der Waals surface area contributed by atoms with Crippen molar-refractivity contribution in [3.8, 4) is 0 Å². The van der Waals surface area contributed by atoms with E-state index in [-0.39, 0.29) is 12.2 Å². The molecule has 2 heterocycles. The average Bonchev–Trinajstić information content (AvgIpc) is 3.19. The van der Waals surface area contributed by atoms with Crippen LogP contribution in [0.2, 0.25) is 0 Å². The first kappa shape index (κ1) is 23.8. The highest BCUT2D eigenvalue weighted by Crippen LogP contribution is 2.24. The summed E-state index contributed by atoms with van der Waals surface area (Å²) < 4.78 is 17.5. The fraction of sp³-hybridized carbons (Fsp3) is 0.812. The molecule has 13 heteroatoms. The van der Waals surface area contributed by atoms with Gasteiger partial charge in [-0.1, -0.05) is 5.21 Å². The Morgan fingerprint density at radius 2 is 1.72 bits per heavy atom. The number of aliphatic hydroxyl groups is 2. The summed E-state index contributed by atoms with van der Waals surface area (Å²) in [5.41, 5.74) is 0.103. The van der Waals surface area contributed by atoms with Crippen LogP contribution in [-0.4, -0.2) is 112 Å². The molecular formula is C16H29N5O7S. The van der Waals surface area contributed by atoms with Crippen LogP contribution >= 0.6 is 11.8 Å². The lowest BCUT2D eigenvalue weighted by atomic mass is 10.3. The van der Waals surface area contributed by atoms with Crippen molar-refractivity contribution in [3.05, 3.63) is 11.9 Å². The molecule has 12 nitrogen and oxygen atoms in total. The van der Waals surface area contributed by atoms with Crippen molar-refractivity contribution < 1.29 is 34.3 Å². The molecule has 1 fully saturated rings. The highest BCUT2D eigenvalue weighted by atomic mass is 32.2. The van der Waals surface area contributed by atoms with Gasteiger partial charge in [0, 0.05) is 31.1 Å². The minimum absolute atomic E-state index is 0.103. The zero-order valence-corrected chi connectivity index (χ0v) is 17.1. The Labute approximate surface area is 173 Å². The van der Waals surface area contributed by atoms with E-state index in [9.17, 15) is 15.0 Å². The standard InChI is InChI=1S/C16H29N5O7S/c22-15(23)17-1-5-26-7-9-28-10-8-27-6-2-21-13-14(18-19-21)16(24,25)20-3-11-29-12-4-20/h13,17,24-25H,1-12H2,(H,22,23). The molecule has 0 saturated carbocycles. The van der Waals surface area contributed by atoms with Gasteiger partial charge in [-0.2, -0.15) is 11.8 Å². The van der Waals surface area contributed by atoms with Crippen molar-refractivity contribution in [2.24, 2.45) is 0 Å². The summed E-state index contributed by atoms with van der Waals surface area (Å²) in [4.78, 5) is 11.8. The minimum atomic E-state index is -2.11. The van der Waals surface area contributed by atoms with Crippen LogP contribution in [0, 0.1) is 0 Å². The first-order valence-corrected chi connectivity index (χ1v) is 10.5. The maximum absolute atomic E-state index is 10.4.